The van der Waals surface area contributed by atoms with Crippen molar-refractivity contribution in [3.8, 4) is 0 Å². The van der Waals surface area contributed by atoms with Crippen molar-refractivity contribution in [2.75, 3.05) is 6.61 Å². The lowest BCUT2D eigenvalue weighted by Gasteiger charge is -2.23. The summed E-state index contributed by atoms with van der Waals surface area (Å²) in [6.07, 6.45) is 5.29. The van der Waals surface area contributed by atoms with Crippen LogP contribution in [0.25, 0.3) is 0 Å². The summed E-state index contributed by atoms with van der Waals surface area (Å²) in [5, 5.41) is 12.4. The molecule has 1 aliphatic carbocycles. The molecule has 2 N–H and O–H groups in total. The highest BCUT2D eigenvalue weighted by Crippen LogP contribution is 2.28. The number of aliphatic hydroxyl groups excluding tert-OH is 1. The molecule has 72 valence electrons. The van der Waals surface area contributed by atoms with Crippen LogP contribution in [0.1, 0.15) is 39.5 Å². The van der Waals surface area contributed by atoms with Crippen LogP contribution < -0.4 is 5.32 Å². The lowest BCUT2D eigenvalue weighted by Crippen LogP contribution is -2.40. The van der Waals surface area contributed by atoms with Crippen LogP contribution in [0, 0.1) is 5.92 Å². The molecule has 0 bridgehead atoms. The summed E-state index contributed by atoms with van der Waals surface area (Å²) in [4.78, 5) is 0. The van der Waals surface area contributed by atoms with E-state index in [2.05, 4.69) is 12.2 Å². The van der Waals surface area contributed by atoms with Gasteiger partial charge >= 0.3 is 0 Å². The third kappa shape index (κ3) is 2.46. The Labute approximate surface area is 75.4 Å². The topological polar surface area (TPSA) is 32.3 Å². The minimum absolute atomic E-state index is 0.257. The first-order chi connectivity index (χ1) is 5.77. The number of rotatable bonds is 4. The first-order valence-electron chi connectivity index (χ1n) is 5.14. The first kappa shape index (κ1) is 10.0. The van der Waals surface area contributed by atoms with E-state index in [-0.39, 0.29) is 12.6 Å². The molecule has 0 heterocycles. The van der Waals surface area contributed by atoms with E-state index in [4.69, 9.17) is 5.11 Å². The minimum atomic E-state index is 0.257. The highest BCUT2D eigenvalue weighted by atomic mass is 16.3. The molecule has 0 saturated heterocycles. The Morgan fingerprint density at radius 3 is 2.83 bits per heavy atom. The minimum Gasteiger partial charge on any atom is -0.395 e. The van der Waals surface area contributed by atoms with Gasteiger partial charge in [-0.2, -0.15) is 0 Å². The van der Waals surface area contributed by atoms with Crippen LogP contribution >= 0.6 is 0 Å². The van der Waals surface area contributed by atoms with Gasteiger partial charge < -0.3 is 10.4 Å². The quantitative estimate of drug-likeness (QED) is 0.672. The molecule has 0 aromatic carbocycles. The number of hydrogen-bond acceptors (Lipinski definition) is 2. The number of nitrogens with one attached hydrogen (secondary N) is 1. The van der Waals surface area contributed by atoms with Gasteiger partial charge in [0.2, 0.25) is 0 Å². The van der Waals surface area contributed by atoms with E-state index in [9.17, 15) is 0 Å². The van der Waals surface area contributed by atoms with Crippen LogP contribution in [0.3, 0.4) is 0 Å². The molecule has 2 heteroatoms. The largest absolute Gasteiger partial charge is 0.395 e. The van der Waals surface area contributed by atoms with E-state index in [1.165, 1.54) is 25.7 Å². The molecule has 0 amide bonds. The van der Waals surface area contributed by atoms with Crippen LogP contribution in [0.15, 0.2) is 0 Å². The Hall–Kier alpha value is -0.0800. The van der Waals surface area contributed by atoms with E-state index < -0.39 is 0 Å². The van der Waals surface area contributed by atoms with E-state index in [0.29, 0.717) is 6.04 Å². The predicted molar refractivity (Wildman–Crippen MR) is 51.1 cm³/mol. The van der Waals surface area contributed by atoms with Crippen LogP contribution in [-0.2, 0) is 0 Å². The van der Waals surface area contributed by atoms with Crippen molar-refractivity contribution < 1.29 is 5.11 Å². The Morgan fingerprint density at radius 2 is 2.25 bits per heavy atom. The molecule has 12 heavy (non-hydrogen) atoms. The standard InChI is InChI=1S/C10H21NO/c1-3-9-5-4-6-10(9)11-8(2)7-12/h8-12H,3-7H2,1-2H3. The summed E-state index contributed by atoms with van der Waals surface area (Å²) in [5.41, 5.74) is 0. The van der Waals surface area contributed by atoms with Crippen LogP contribution in [-0.4, -0.2) is 23.8 Å². The van der Waals surface area contributed by atoms with Crippen molar-refractivity contribution in [3.63, 3.8) is 0 Å². The van der Waals surface area contributed by atoms with Crippen molar-refractivity contribution in [2.45, 2.75) is 51.6 Å². The Morgan fingerprint density at radius 1 is 1.50 bits per heavy atom. The maximum absolute atomic E-state index is 8.89. The molecule has 2 nitrogen and oxygen atoms in total. The number of aliphatic hydroxyl groups is 1. The zero-order valence-corrected chi connectivity index (χ0v) is 8.21. The molecule has 0 aromatic rings. The number of hydrogen-bond donors (Lipinski definition) is 2. The van der Waals surface area contributed by atoms with Crippen molar-refractivity contribution in [2.24, 2.45) is 5.92 Å². The van der Waals surface area contributed by atoms with E-state index in [0.717, 1.165) is 5.92 Å². The third-order valence-electron chi connectivity index (χ3n) is 2.96. The fourth-order valence-electron chi connectivity index (χ4n) is 2.16. The van der Waals surface area contributed by atoms with E-state index in [1.54, 1.807) is 0 Å². The van der Waals surface area contributed by atoms with Crippen molar-refractivity contribution in [1.82, 2.24) is 5.32 Å². The molecule has 0 radical (unpaired) electrons. The maximum Gasteiger partial charge on any atom is 0.0582 e. The molecule has 3 unspecified atom stereocenters. The van der Waals surface area contributed by atoms with Gasteiger partial charge in [-0.15, -0.1) is 0 Å². The molecule has 1 rings (SSSR count). The average Bonchev–Trinajstić information content (AvgIpc) is 2.51. The molecular weight excluding hydrogens is 150 g/mol. The van der Waals surface area contributed by atoms with Gasteiger partial charge in [-0.25, -0.2) is 0 Å². The fraction of sp³-hybridized carbons (Fsp3) is 1.00. The molecular formula is C10H21NO. The molecule has 0 aromatic heterocycles. The highest BCUT2D eigenvalue weighted by Gasteiger charge is 2.26. The van der Waals surface area contributed by atoms with Crippen molar-refractivity contribution >= 4 is 0 Å². The van der Waals surface area contributed by atoms with Crippen molar-refractivity contribution in [1.29, 1.82) is 0 Å². The lowest BCUT2D eigenvalue weighted by atomic mass is 10.0. The summed E-state index contributed by atoms with van der Waals surface area (Å²) < 4.78 is 0. The molecule has 0 spiro atoms. The summed E-state index contributed by atoms with van der Waals surface area (Å²) in [6, 6.07) is 0.930. The smallest absolute Gasteiger partial charge is 0.0582 e. The van der Waals surface area contributed by atoms with Gasteiger partial charge in [0.1, 0.15) is 0 Å². The molecule has 1 aliphatic rings. The van der Waals surface area contributed by atoms with Gasteiger partial charge in [0.25, 0.3) is 0 Å². The second-order valence-corrected chi connectivity index (χ2v) is 3.96. The monoisotopic (exact) mass is 171 g/mol. The third-order valence-corrected chi connectivity index (χ3v) is 2.96. The maximum atomic E-state index is 8.89. The first-order valence-corrected chi connectivity index (χ1v) is 5.14. The van der Waals surface area contributed by atoms with Crippen LogP contribution in [0.5, 0.6) is 0 Å². The van der Waals surface area contributed by atoms with E-state index >= 15 is 0 Å². The van der Waals surface area contributed by atoms with Gasteiger partial charge in [0.15, 0.2) is 0 Å². The molecule has 1 saturated carbocycles. The van der Waals surface area contributed by atoms with Gasteiger partial charge in [0, 0.05) is 12.1 Å². The average molecular weight is 171 g/mol. The highest BCUT2D eigenvalue weighted by molar-refractivity contribution is 4.83. The summed E-state index contributed by atoms with van der Waals surface area (Å²) in [7, 11) is 0. The Bertz CT molecular complexity index is 127. The SMILES string of the molecule is CCC1CCCC1NC(C)CO. The fourth-order valence-corrected chi connectivity index (χ4v) is 2.16. The summed E-state index contributed by atoms with van der Waals surface area (Å²) >= 11 is 0. The Balaban J connectivity index is 2.30. The lowest BCUT2D eigenvalue weighted by molar-refractivity contribution is 0.229. The molecule has 0 aliphatic heterocycles. The van der Waals surface area contributed by atoms with Gasteiger partial charge in [-0.1, -0.05) is 19.8 Å². The van der Waals surface area contributed by atoms with Crippen LogP contribution in [0.2, 0.25) is 0 Å². The Kier molecular flexibility index (Phi) is 4.02. The van der Waals surface area contributed by atoms with Crippen LogP contribution in [0.4, 0.5) is 0 Å². The zero-order chi connectivity index (χ0) is 8.97. The summed E-state index contributed by atoms with van der Waals surface area (Å²) in [6.45, 7) is 4.56. The van der Waals surface area contributed by atoms with Gasteiger partial charge in [-0.3, -0.25) is 0 Å². The normalized spacial score (nSPS) is 32.2. The molecule has 1 fully saturated rings. The second-order valence-electron chi connectivity index (χ2n) is 3.96. The second kappa shape index (κ2) is 4.83. The van der Waals surface area contributed by atoms with Gasteiger partial charge in [0.05, 0.1) is 6.61 Å². The summed E-state index contributed by atoms with van der Waals surface area (Å²) in [5.74, 6) is 0.846. The molecule has 3 atom stereocenters. The van der Waals surface area contributed by atoms with Gasteiger partial charge in [-0.05, 0) is 25.7 Å². The predicted octanol–water partition coefficient (Wildman–Crippen LogP) is 1.54. The van der Waals surface area contributed by atoms with Crippen molar-refractivity contribution in [3.05, 3.63) is 0 Å². The van der Waals surface area contributed by atoms with E-state index in [1.807, 2.05) is 6.92 Å². The zero-order valence-electron chi connectivity index (χ0n) is 8.21.